The highest BCUT2D eigenvalue weighted by Gasteiger charge is 2.27. The van der Waals surface area contributed by atoms with Crippen molar-refractivity contribution in [2.45, 2.75) is 21.4 Å². The lowest BCUT2D eigenvalue weighted by atomic mass is 10.2. The molecule has 1 aliphatic heterocycles. The van der Waals surface area contributed by atoms with Crippen LogP contribution in [0.5, 0.6) is 0 Å². The number of hydrogen-bond acceptors (Lipinski definition) is 6. The van der Waals surface area contributed by atoms with E-state index in [2.05, 4.69) is 27.7 Å². The highest BCUT2D eigenvalue weighted by atomic mass is 32.2. The first-order chi connectivity index (χ1) is 14.8. The summed E-state index contributed by atoms with van der Waals surface area (Å²) in [7, 11) is 0. The Morgan fingerprint density at radius 2 is 1.50 bits per heavy atom. The van der Waals surface area contributed by atoms with E-state index in [1.165, 1.54) is 11.8 Å². The van der Waals surface area contributed by atoms with E-state index in [9.17, 15) is 4.79 Å². The Labute approximate surface area is 182 Å². The second-order valence-corrected chi connectivity index (χ2v) is 8.72. The van der Waals surface area contributed by atoms with Gasteiger partial charge in [-0.1, -0.05) is 66.0 Å². The van der Waals surface area contributed by atoms with Crippen LogP contribution < -0.4 is 4.90 Å². The lowest BCUT2D eigenvalue weighted by Gasteiger charge is -2.31. The minimum Gasteiger partial charge on any atom is -0.279 e. The molecule has 0 spiro atoms. The van der Waals surface area contributed by atoms with Crippen molar-refractivity contribution in [3.8, 4) is 5.69 Å². The van der Waals surface area contributed by atoms with E-state index in [-0.39, 0.29) is 5.91 Å². The smallest absolute Gasteiger partial charge is 0.232 e. The van der Waals surface area contributed by atoms with Crippen molar-refractivity contribution in [2.75, 3.05) is 10.7 Å². The molecule has 5 rings (SSSR count). The van der Waals surface area contributed by atoms with E-state index in [0.29, 0.717) is 17.3 Å². The summed E-state index contributed by atoms with van der Waals surface area (Å²) < 4.78 is 1.69. The van der Waals surface area contributed by atoms with Gasteiger partial charge in [-0.25, -0.2) is 0 Å². The van der Waals surface area contributed by atoms with Gasteiger partial charge in [0.25, 0.3) is 0 Å². The average molecular weight is 432 g/mol. The zero-order valence-electron chi connectivity index (χ0n) is 15.9. The van der Waals surface area contributed by atoms with E-state index in [4.69, 9.17) is 0 Å². The van der Waals surface area contributed by atoms with Gasteiger partial charge in [-0.15, -0.1) is 5.10 Å². The number of carbonyl (C=O) groups excluding carboxylic acids is 1. The number of tetrazole rings is 1. The van der Waals surface area contributed by atoms with E-state index >= 15 is 0 Å². The summed E-state index contributed by atoms with van der Waals surface area (Å²) in [5, 5.41) is 12.6. The topological polar surface area (TPSA) is 63.9 Å². The summed E-state index contributed by atoms with van der Waals surface area (Å²) in [6.45, 7) is 0. The van der Waals surface area contributed by atoms with Crippen molar-refractivity contribution in [3.05, 3.63) is 78.9 Å². The third-order valence-electron chi connectivity index (χ3n) is 4.67. The Morgan fingerprint density at radius 3 is 2.20 bits per heavy atom. The van der Waals surface area contributed by atoms with Crippen LogP contribution in [0.15, 0.2) is 93.8 Å². The van der Waals surface area contributed by atoms with E-state index < -0.39 is 0 Å². The van der Waals surface area contributed by atoms with Crippen LogP contribution in [0.25, 0.3) is 5.69 Å². The van der Waals surface area contributed by atoms with Gasteiger partial charge in [-0.05, 0) is 46.8 Å². The Kier molecular flexibility index (Phi) is 5.25. The molecular formula is C22H17N5OS2. The van der Waals surface area contributed by atoms with E-state index in [0.717, 1.165) is 26.9 Å². The van der Waals surface area contributed by atoms with Gasteiger partial charge < -0.3 is 0 Å². The molecule has 1 aromatic heterocycles. The van der Waals surface area contributed by atoms with E-state index in [1.807, 2.05) is 71.6 Å². The van der Waals surface area contributed by atoms with Gasteiger partial charge in [0.15, 0.2) is 0 Å². The van der Waals surface area contributed by atoms with Crippen LogP contribution in [0.1, 0.15) is 6.42 Å². The van der Waals surface area contributed by atoms with Crippen LogP contribution in [-0.4, -0.2) is 31.9 Å². The van der Waals surface area contributed by atoms with Crippen LogP contribution >= 0.6 is 23.5 Å². The first-order valence-corrected chi connectivity index (χ1v) is 11.3. The number of fused-ring (bicyclic) bond motifs is 2. The molecule has 1 amide bonds. The molecule has 4 aromatic rings. The second-order valence-electron chi connectivity index (χ2n) is 6.57. The fourth-order valence-electron chi connectivity index (χ4n) is 3.31. The number of benzene rings is 3. The number of anilines is 2. The number of rotatable bonds is 5. The van der Waals surface area contributed by atoms with Crippen LogP contribution in [-0.2, 0) is 4.79 Å². The van der Waals surface area contributed by atoms with Gasteiger partial charge in [0, 0.05) is 22.0 Å². The van der Waals surface area contributed by atoms with Gasteiger partial charge in [0.1, 0.15) is 0 Å². The Balaban J connectivity index is 1.34. The molecule has 0 saturated carbocycles. The quantitative estimate of drug-likeness (QED) is 0.416. The third kappa shape index (κ3) is 3.59. The molecule has 1 aliphatic rings. The molecule has 6 nitrogen and oxygen atoms in total. The third-order valence-corrected chi connectivity index (χ3v) is 6.72. The number of amides is 1. The molecule has 2 heterocycles. The first-order valence-electron chi connectivity index (χ1n) is 9.47. The summed E-state index contributed by atoms with van der Waals surface area (Å²) in [5.41, 5.74) is 2.77. The number of para-hydroxylation sites is 3. The zero-order valence-corrected chi connectivity index (χ0v) is 17.5. The van der Waals surface area contributed by atoms with Gasteiger partial charge >= 0.3 is 0 Å². The van der Waals surface area contributed by atoms with Crippen LogP contribution in [0.3, 0.4) is 0 Å². The normalized spacial score (nSPS) is 12.3. The molecule has 0 aliphatic carbocycles. The Morgan fingerprint density at radius 1 is 0.867 bits per heavy atom. The molecule has 148 valence electrons. The van der Waals surface area contributed by atoms with E-state index in [1.54, 1.807) is 16.4 Å². The maximum atomic E-state index is 13.3. The van der Waals surface area contributed by atoms with Crippen molar-refractivity contribution in [3.63, 3.8) is 0 Å². The molecule has 0 bridgehead atoms. The molecule has 3 aromatic carbocycles. The largest absolute Gasteiger partial charge is 0.279 e. The SMILES string of the molecule is O=C(CCSc1nnnn1-c1ccccc1)N1c2ccccc2Sc2ccccc21. The number of nitrogens with zero attached hydrogens (tertiary/aromatic N) is 5. The second kappa shape index (κ2) is 8.33. The monoisotopic (exact) mass is 431 g/mol. The standard InChI is InChI=1S/C22H17N5OS2/c28-21(14-15-29-22-23-24-25-27(22)16-8-2-1-3-9-16)26-17-10-4-6-12-19(17)30-20-13-7-5-11-18(20)26/h1-13H,14-15H2. The lowest BCUT2D eigenvalue weighted by Crippen LogP contribution is -2.28. The van der Waals surface area contributed by atoms with Crippen molar-refractivity contribution in [2.24, 2.45) is 0 Å². The maximum Gasteiger partial charge on any atom is 0.232 e. The van der Waals surface area contributed by atoms with Crippen LogP contribution in [0, 0.1) is 0 Å². The minimum atomic E-state index is 0.0569. The molecule has 0 N–H and O–H groups in total. The highest BCUT2D eigenvalue weighted by Crippen LogP contribution is 2.48. The van der Waals surface area contributed by atoms with Crippen molar-refractivity contribution in [1.82, 2.24) is 20.2 Å². The molecule has 0 saturated heterocycles. The van der Waals surface area contributed by atoms with Crippen molar-refractivity contribution >= 4 is 40.8 Å². The van der Waals surface area contributed by atoms with Crippen molar-refractivity contribution < 1.29 is 4.79 Å². The summed E-state index contributed by atoms with van der Waals surface area (Å²) in [5.74, 6) is 0.640. The number of carbonyl (C=O) groups is 1. The Bertz CT molecular complexity index is 1150. The predicted molar refractivity (Wildman–Crippen MR) is 119 cm³/mol. The lowest BCUT2D eigenvalue weighted by molar-refractivity contribution is -0.117. The average Bonchev–Trinajstić information content (AvgIpc) is 3.26. The zero-order chi connectivity index (χ0) is 20.3. The molecule has 0 radical (unpaired) electrons. The molecule has 8 heteroatoms. The van der Waals surface area contributed by atoms with Gasteiger partial charge in [-0.3, -0.25) is 9.69 Å². The molecular weight excluding hydrogens is 414 g/mol. The van der Waals surface area contributed by atoms with Crippen molar-refractivity contribution in [1.29, 1.82) is 0 Å². The highest BCUT2D eigenvalue weighted by molar-refractivity contribution is 7.99. The number of thioether (sulfide) groups is 1. The minimum absolute atomic E-state index is 0.0569. The number of hydrogen-bond donors (Lipinski definition) is 0. The van der Waals surface area contributed by atoms with Gasteiger partial charge in [0.2, 0.25) is 11.1 Å². The van der Waals surface area contributed by atoms with Gasteiger partial charge in [-0.2, -0.15) is 4.68 Å². The fraction of sp³-hybridized carbons (Fsp3) is 0.0909. The fourth-order valence-corrected chi connectivity index (χ4v) is 5.19. The summed E-state index contributed by atoms with van der Waals surface area (Å²) in [4.78, 5) is 17.3. The van der Waals surface area contributed by atoms with Crippen LogP contribution in [0.4, 0.5) is 11.4 Å². The molecule has 30 heavy (non-hydrogen) atoms. The number of aromatic nitrogens is 4. The summed E-state index contributed by atoms with van der Waals surface area (Å²) in [6.07, 6.45) is 0.375. The molecule has 0 unspecified atom stereocenters. The summed E-state index contributed by atoms with van der Waals surface area (Å²) >= 11 is 3.17. The maximum absolute atomic E-state index is 13.3. The predicted octanol–water partition coefficient (Wildman–Crippen LogP) is 4.97. The van der Waals surface area contributed by atoms with Crippen LogP contribution in [0.2, 0.25) is 0 Å². The molecule has 0 atom stereocenters. The first kappa shape index (κ1) is 18.9. The summed E-state index contributed by atoms with van der Waals surface area (Å²) in [6, 6.07) is 25.8. The Hall–Kier alpha value is -3.10. The van der Waals surface area contributed by atoms with Gasteiger partial charge in [0.05, 0.1) is 17.1 Å². The molecule has 0 fully saturated rings.